The van der Waals surface area contributed by atoms with Gasteiger partial charge in [-0.05, 0) is 75.4 Å². The first-order valence-electron chi connectivity index (χ1n) is 9.13. The molecule has 1 N–H and O–H groups in total. The van der Waals surface area contributed by atoms with Crippen molar-refractivity contribution in [3.05, 3.63) is 29.3 Å². The van der Waals surface area contributed by atoms with Gasteiger partial charge in [-0.2, -0.15) is 0 Å². The van der Waals surface area contributed by atoms with Crippen molar-refractivity contribution < 1.29 is 9.53 Å². The van der Waals surface area contributed by atoms with Gasteiger partial charge in [0.25, 0.3) is 5.91 Å². The van der Waals surface area contributed by atoms with Crippen LogP contribution in [-0.4, -0.2) is 43.6 Å². The van der Waals surface area contributed by atoms with Crippen molar-refractivity contribution in [3.8, 4) is 5.75 Å². The number of aryl methyl sites for hydroxylation is 1. The molecule has 2 rings (SSSR count). The van der Waals surface area contributed by atoms with Crippen molar-refractivity contribution in [3.63, 3.8) is 0 Å². The number of rotatable bonds is 6. The van der Waals surface area contributed by atoms with Gasteiger partial charge < -0.3 is 15.0 Å². The van der Waals surface area contributed by atoms with Crippen LogP contribution in [0.1, 0.15) is 50.7 Å². The molecule has 1 aromatic rings. The van der Waals surface area contributed by atoms with Crippen LogP contribution in [0, 0.1) is 12.8 Å². The number of hydrogen-bond acceptors (Lipinski definition) is 3. The van der Waals surface area contributed by atoms with Crippen LogP contribution in [0.15, 0.2) is 18.2 Å². The van der Waals surface area contributed by atoms with E-state index in [9.17, 15) is 4.79 Å². The zero-order valence-corrected chi connectivity index (χ0v) is 15.8. The third-order valence-electron chi connectivity index (χ3n) is 4.94. The highest BCUT2D eigenvalue weighted by atomic mass is 16.5. The van der Waals surface area contributed by atoms with Crippen molar-refractivity contribution in [2.45, 2.75) is 52.6 Å². The lowest BCUT2D eigenvalue weighted by atomic mass is 9.96. The van der Waals surface area contributed by atoms with E-state index in [0.717, 1.165) is 38.2 Å². The van der Waals surface area contributed by atoms with E-state index in [1.807, 2.05) is 31.0 Å². The molecule has 1 atom stereocenters. The SMILES string of the molecule is CNCC1CCN(C(=O)C(C)Oc2ccc(C(C)C)c(C)c2)CC1. The average molecular weight is 332 g/mol. The minimum atomic E-state index is -0.435. The lowest BCUT2D eigenvalue weighted by Crippen LogP contribution is -2.45. The third kappa shape index (κ3) is 4.73. The van der Waals surface area contributed by atoms with Crippen LogP contribution >= 0.6 is 0 Å². The first-order valence-corrected chi connectivity index (χ1v) is 9.13. The first-order chi connectivity index (χ1) is 11.4. The van der Waals surface area contributed by atoms with Crippen molar-refractivity contribution >= 4 is 5.91 Å². The zero-order valence-electron chi connectivity index (χ0n) is 15.8. The molecule has 0 radical (unpaired) electrons. The monoisotopic (exact) mass is 332 g/mol. The van der Waals surface area contributed by atoms with Gasteiger partial charge >= 0.3 is 0 Å². The number of ether oxygens (including phenoxy) is 1. The first kappa shape index (κ1) is 18.8. The second-order valence-electron chi connectivity index (χ2n) is 7.26. The van der Waals surface area contributed by atoms with E-state index in [4.69, 9.17) is 4.74 Å². The van der Waals surface area contributed by atoms with E-state index < -0.39 is 6.10 Å². The molecule has 0 aromatic heterocycles. The topological polar surface area (TPSA) is 41.6 Å². The van der Waals surface area contributed by atoms with Gasteiger partial charge in [-0.1, -0.05) is 19.9 Å². The summed E-state index contributed by atoms with van der Waals surface area (Å²) in [5.41, 5.74) is 2.54. The molecular weight excluding hydrogens is 300 g/mol. The van der Waals surface area contributed by atoms with Gasteiger partial charge in [0, 0.05) is 13.1 Å². The molecule has 24 heavy (non-hydrogen) atoms. The Hall–Kier alpha value is -1.55. The zero-order chi connectivity index (χ0) is 17.7. The van der Waals surface area contributed by atoms with Crippen LogP contribution < -0.4 is 10.1 Å². The minimum Gasteiger partial charge on any atom is -0.481 e. The fraction of sp³-hybridized carbons (Fsp3) is 0.650. The van der Waals surface area contributed by atoms with E-state index >= 15 is 0 Å². The number of amides is 1. The number of likely N-dealkylation sites (tertiary alicyclic amines) is 1. The molecular formula is C20H32N2O2. The largest absolute Gasteiger partial charge is 0.481 e. The summed E-state index contributed by atoms with van der Waals surface area (Å²) >= 11 is 0. The second kappa shape index (κ2) is 8.52. The summed E-state index contributed by atoms with van der Waals surface area (Å²) < 4.78 is 5.92. The molecule has 0 bridgehead atoms. The van der Waals surface area contributed by atoms with Crippen LogP contribution in [0.4, 0.5) is 0 Å². The summed E-state index contributed by atoms with van der Waals surface area (Å²) in [6, 6.07) is 6.12. The van der Waals surface area contributed by atoms with Gasteiger partial charge in [-0.3, -0.25) is 4.79 Å². The fourth-order valence-electron chi connectivity index (χ4n) is 3.53. The Labute approximate surface area is 146 Å². The summed E-state index contributed by atoms with van der Waals surface area (Å²) in [6.07, 6.45) is 1.71. The van der Waals surface area contributed by atoms with Gasteiger partial charge in [0.2, 0.25) is 0 Å². The summed E-state index contributed by atoms with van der Waals surface area (Å²) in [6.45, 7) is 11.0. The lowest BCUT2D eigenvalue weighted by Gasteiger charge is -2.33. The van der Waals surface area contributed by atoms with E-state index in [2.05, 4.69) is 32.2 Å². The molecule has 1 amide bonds. The minimum absolute atomic E-state index is 0.100. The normalized spacial score (nSPS) is 17.2. The Morgan fingerprint density at radius 2 is 1.96 bits per heavy atom. The van der Waals surface area contributed by atoms with E-state index in [1.165, 1.54) is 11.1 Å². The maximum atomic E-state index is 12.6. The van der Waals surface area contributed by atoms with Crippen LogP contribution in [0.25, 0.3) is 0 Å². The standard InChI is InChI=1S/C20H32N2O2/c1-14(2)19-7-6-18(12-15(19)3)24-16(4)20(23)22-10-8-17(9-11-22)13-21-5/h6-7,12,14,16-17,21H,8-11,13H2,1-5H3. The number of nitrogens with one attached hydrogen (secondary N) is 1. The molecule has 1 aliphatic rings. The summed E-state index contributed by atoms with van der Waals surface area (Å²) in [5.74, 6) is 2.06. The smallest absolute Gasteiger partial charge is 0.263 e. The number of nitrogens with zero attached hydrogens (tertiary/aromatic N) is 1. The van der Waals surface area contributed by atoms with Gasteiger partial charge in [0.1, 0.15) is 5.75 Å². The highest BCUT2D eigenvalue weighted by molar-refractivity contribution is 5.81. The Morgan fingerprint density at radius 1 is 1.29 bits per heavy atom. The highest BCUT2D eigenvalue weighted by Gasteiger charge is 2.26. The van der Waals surface area contributed by atoms with E-state index in [-0.39, 0.29) is 5.91 Å². The average Bonchev–Trinajstić information content (AvgIpc) is 2.55. The number of piperidine rings is 1. The molecule has 134 valence electrons. The Bertz CT molecular complexity index is 549. The van der Waals surface area contributed by atoms with Crippen molar-refractivity contribution in [1.29, 1.82) is 0 Å². The van der Waals surface area contributed by atoms with E-state index in [1.54, 1.807) is 0 Å². The molecule has 1 unspecified atom stereocenters. The Balaban J connectivity index is 1.91. The maximum Gasteiger partial charge on any atom is 0.263 e. The molecule has 1 heterocycles. The summed E-state index contributed by atoms with van der Waals surface area (Å²) in [4.78, 5) is 14.6. The molecule has 1 aromatic carbocycles. The summed E-state index contributed by atoms with van der Waals surface area (Å²) in [5, 5.41) is 3.23. The number of benzene rings is 1. The predicted octanol–water partition coefficient (Wildman–Crippen LogP) is 3.34. The molecule has 1 saturated heterocycles. The van der Waals surface area contributed by atoms with Crippen molar-refractivity contribution in [2.75, 3.05) is 26.7 Å². The maximum absolute atomic E-state index is 12.6. The second-order valence-corrected chi connectivity index (χ2v) is 7.26. The predicted molar refractivity (Wildman–Crippen MR) is 98.6 cm³/mol. The van der Waals surface area contributed by atoms with Gasteiger partial charge in [-0.25, -0.2) is 0 Å². The quantitative estimate of drug-likeness (QED) is 0.869. The molecule has 4 heteroatoms. The Morgan fingerprint density at radius 3 is 2.50 bits per heavy atom. The highest BCUT2D eigenvalue weighted by Crippen LogP contribution is 2.25. The molecule has 0 saturated carbocycles. The van der Waals surface area contributed by atoms with Crippen LogP contribution in [0.5, 0.6) is 5.75 Å². The molecule has 1 aliphatic heterocycles. The van der Waals surface area contributed by atoms with Crippen LogP contribution in [0.3, 0.4) is 0 Å². The molecule has 1 fully saturated rings. The van der Waals surface area contributed by atoms with Crippen molar-refractivity contribution in [2.24, 2.45) is 5.92 Å². The molecule has 4 nitrogen and oxygen atoms in total. The fourth-order valence-corrected chi connectivity index (χ4v) is 3.53. The molecule has 0 spiro atoms. The van der Waals surface area contributed by atoms with Crippen LogP contribution in [-0.2, 0) is 4.79 Å². The molecule has 0 aliphatic carbocycles. The van der Waals surface area contributed by atoms with Gasteiger partial charge in [0.05, 0.1) is 0 Å². The van der Waals surface area contributed by atoms with E-state index in [0.29, 0.717) is 11.8 Å². The number of carbonyl (C=O) groups excluding carboxylic acids is 1. The van der Waals surface area contributed by atoms with Gasteiger partial charge in [0.15, 0.2) is 6.10 Å². The number of hydrogen-bond donors (Lipinski definition) is 1. The number of carbonyl (C=O) groups is 1. The third-order valence-corrected chi connectivity index (χ3v) is 4.94. The Kier molecular flexibility index (Phi) is 6.67. The lowest BCUT2D eigenvalue weighted by molar-refractivity contribution is -0.139. The van der Waals surface area contributed by atoms with Gasteiger partial charge in [-0.15, -0.1) is 0 Å². The van der Waals surface area contributed by atoms with Crippen LogP contribution in [0.2, 0.25) is 0 Å². The summed E-state index contributed by atoms with van der Waals surface area (Å²) in [7, 11) is 1.99. The van der Waals surface area contributed by atoms with Crippen molar-refractivity contribution in [1.82, 2.24) is 10.2 Å².